The van der Waals surface area contributed by atoms with E-state index in [-0.39, 0.29) is 11.7 Å². The summed E-state index contributed by atoms with van der Waals surface area (Å²) < 4.78 is 7.02. The van der Waals surface area contributed by atoms with E-state index in [4.69, 9.17) is 4.74 Å². The number of methoxy groups -OCH3 is 1. The Labute approximate surface area is 207 Å². The Kier molecular flexibility index (Phi) is 9.10. The van der Waals surface area contributed by atoms with E-state index < -0.39 is 5.97 Å². The summed E-state index contributed by atoms with van der Waals surface area (Å²) in [6.07, 6.45) is 3.80. The number of amides is 1. The van der Waals surface area contributed by atoms with E-state index in [2.05, 4.69) is 45.4 Å². The number of esters is 1. The first kappa shape index (κ1) is 25.5. The van der Waals surface area contributed by atoms with Crippen LogP contribution in [0.3, 0.4) is 0 Å². The molecule has 3 aromatic rings. The number of ether oxygens (including phenoxy) is 1. The van der Waals surface area contributed by atoms with Crippen LogP contribution in [0.1, 0.15) is 59.3 Å². The summed E-state index contributed by atoms with van der Waals surface area (Å²) >= 11 is 4.50. The lowest BCUT2D eigenvalue weighted by Crippen LogP contribution is -2.16. The van der Waals surface area contributed by atoms with E-state index in [0.29, 0.717) is 17.0 Å². The molecule has 0 unspecified atom stereocenters. The Hall–Kier alpha value is -2.17. The van der Waals surface area contributed by atoms with Crippen molar-refractivity contribution in [1.82, 2.24) is 14.8 Å². The average molecular weight is 507 g/mol. The fourth-order valence-electron chi connectivity index (χ4n) is 3.61. The normalized spacial score (nSPS) is 11.1. The van der Waals surface area contributed by atoms with E-state index in [1.165, 1.54) is 35.1 Å². The topological polar surface area (TPSA) is 86.1 Å². The lowest BCUT2D eigenvalue weighted by atomic mass is 10.1. The van der Waals surface area contributed by atoms with Crippen LogP contribution in [0, 0.1) is 6.92 Å². The van der Waals surface area contributed by atoms with Gasteiger partial charge < -0.3 is 14.6 Å². The van der Waals surface area contributed by atoms with Gasteiger partial charge in [0.25, 0.3) is 0 Å². The van der Waals surface area contributed by atoms with Gasteiger partial charge in [0.2, 0.25) is 5.91 Å². The third-order valence-corrected chi connectivity index (χ3v) is 8.14. The predicted octanol–water partition coefficient (Wildman–Crippen LogP) is 5.82. The Morgan fingerprint density at radius 2 is 2.00 bits per heavy atom. The Bertz CT molecular complexity index is 1120. The molecule has 7 nitrogen and oxygen atoms in total. The number of thioether (sulfide) groups is 1. The summed E-state index contributed by atoms with van der Waals surface area (Å²) in [6.45, 7) is 9.00. The quantitative estimate of drug-likeness (QED) is 0.261. The third kappa shape index (κ3) is 5.85. The maximum Gasteiger partial charge on any atom is 0.341 e. The van der Waals surface area contributed by atoms with E-state index >= 15 is 0 Å². The van der Waals surface area contributed by atoms with Gasteiger partial charge in [-0.3, -0.25) is 4.79 Å². The van der Waals surface area contributed by atoms with Gasteiger partial charge in [0.15, 0.2) is 11.0 Å². The molecule has 3 heterocycles. The van der Waals surface area contributed by atoms with Gasteiger partial charge >= 0.3 is 5.97 Å². The van der Waals surface area contributed by atoms with Crippen LogP contribution in [0.4, 0.5) is 5.00 Å². The molecule has 3 aromatic heterocycles. The molecule has 33 heavy (non-hydrogen) atoms. The summed E-state index contributed by atoms with van der Waals surface area (Å²) in [6, 6.07) is 2.18. The highest BCUT2D eigenvalue weighted by atomic mass is 32.2. The second-order valence-corrected chi connectivity index (χ2v) is 10.7. The van der Waals surface area contributed by atoms with Crippen LogP contribution >= 0.6 is 34.4 Å². The second kappa shape index (κ2) is 11.8. The number of nitrogens with zero attached hydrogens (tertiary/aromatic N) is 3. The minimum absolute atomic E-state index is 0.172. The lowest BCUT2D eigenvalue weighted by molar-refractivity contribution is -0.113. The maximum atomic E-state index is 12.7. The molecule has 0 saturated carbocycles. The zero-order valence-corrected chi connectivity index (χ0v) is 22.1. The van der Waals surface area contributed by atoms with Gasteiger partial charge in [0, 0.05) is 27.2 Å². The fourth-order valence-corrected chi connectivity index (χ4v) is 6.50. The molecule has 0 spiro atoms. The number of nitrogens with one attached hydrogen (secondary N) is 1. The molecule has 0 aliphatic carbocycles. The Morgan fingerprint density at radius 1 is 1.21 bits per heavy atom. The van der Waals surface area contributed by atoms with Crippen molar-refractivity contribution < 1.29 is 14.3 Å². The van der Waals surface area contributed by atoms with Gasteiger partial charge in [0.05, 0.1) is 18.4 Å². The molecule has 0 aliphatic rings. The summed E-state index contributed by atoms with van der Waals surface area (Å²) in [7, 11) is 1.35. The Balaban J connectivity index is 1.74. The molecule has 1 N–H and O–H groups in total. The number of hydrogen-bond donors (Lipinski definition) is 1. The number of thiophene rings is 2. The van der Waals surface area contributed by atoms with Gasteiger partial charge in [-0.05, 0) is 37.8 Å². The first-order valence-electron chi connectivity index (χ1n) is 11.1. The molecule has 0 saturated heterocycles. The summed E-state index contributed by atoms with van der Waals surface area (Å²) in [5.74, 6) is 0.394. The Morgan fingerprint density at radius 3 is 2.67 bits per heavy atom. The van der Waals surface area contributed by atoms with Crippen LogP contribution in [0.2, 0.25) is 0 Å². The van der Waals surface area contributed by atoms with Gasteiger partial charge in [0.1, 0.15) is 5.00 Å². The van der Waals surface area contributed by atoms with Gasteiger partial charge in [-0.15, -0.1) is 32.9 Å². The van der Waals surface area contributed by atoms with E-state index in [9.17, 15) is 9.59 Å². The molecule has 0 aliphatic heterocycles. The number of anilines is 1. The van der Waals surface area contributed by atoms with Gasteiger partial charge in [-0.25, -0.2) is 4.79 Å². The summed E-state index contributed by atoms with van der Waals surface area (Å²) in [5.41, 5.74) is 2.45. The molecular weight excluding hydrogens is 476 g/mol. The largest absolute Gasteiger partial charge is 0.465 e. The zero-order valence-electron chi connectivity index (χ0n) is 19.7. The molecule has 0 bridgehead atoms. The first-order chi connectivity index (χ1) is 15.9. The molecule has 10 heteroatoms. The third-order valence-electron chi connectivity index (χ3n) is 5.11. The number of aryl methyl sites for hydroxylation is 2. The molecule has 0 aromatic carbocycles. The van der Waals surface area contributed by atoms with Crippen molar-refractivity contribution in [3.63, 3.8) is 0 Å². The monoisotopic (exact) mass is 506 g/mol. The fraction of sp³-hybridized carbons (Fsp3) is 0.478. The highest BCUT2D eigenvalue weighted by Crippen LogP contribution is 2.34. The minimum atomic E-state index is -0.426. The average Bonchev–Trinajstić information content (AvgIpc) is 3.49. The molecule has 0 fully saturated rings. The predicted molar refractivity (Wildman–Crippen MR) is 137 cm³/mol. The van der Waals surface area contributed by atoms with Crippen molar-refractivity contribution in [3.8, 4) is 11.4 Å². The van der Waals surface area contributed by atoms with Crippen LogP contribution in [0.25, 0.3) is 11.4 Å². The number of aromatic nitrogens is 3. The van der Waals surface area contributed by atoms with Crippen molar-refractivity contribution in [1.29, 1.82) is 0 Å². The van der Waals surface area contributed by atoms with Crippen LogP contribution in [-0.4, -0.2) is 39.5 Å². The van der Waals surface area contributed by atoms with Gasteiger partial charge in [-0.2, -0.15) is 0 Å². The second-order valence-electron chi connectivity index (χ2n) is 7.53. The molecular formula is C23H30N4O3S3. The minimum Gasteiger partial charge on any atom is -0.465 e. The summed E-state index contributed by atoms with van der Waals surface area (Å²) in [4.78, 5) is 27.4. The molecule has 0 radical (unpaired) electrons. The van der Waals surface area contributed by atoms with E-state index in [1.807, 2.05) is 13.8 Å². The smallest absolute Gasteiger partial charge is 0.341 e. The molecule has 178 valence electrons. The van der Waals surface area contributed by atoms with Crippen molar-refractivity contribution in [2.75, 3.05) is 18.2 Å². The van der Waals surface area contributed by atoms with Crippen molar-refractivity contribution in [3.05, 3.63) is 32.3 Å². The highest BCUT2D eigenvalue weighted by molar-refractivity contribution is 7.99. The van der Waals surface area contributed by atoms with Crippen LogP contribution in [-0.2, 0) is 28.9 Å². The van der Waals surface area contributed by atoms with Crippen LogP contribution in [0.5, 0.6) is 0 Å². The van der Waals surface area contributed by atoms with Crippen LogP contribution < -0.4 is 5.32 Å². The van der Waals surface area contributed by atoms with Crippen molar-refractivity contribution >= 4 is 51.3 Å². The zero-order chi connectivity index (χ0) is 24.0. The lowest BCUT2D eigenvalue weighted by Gasteiger charge is -2.09. The van der Waals surface area contributed by atoms with E-state index in [0.717, 1.165) is 52.8 Å². The van der Waals surface area contributed by atoms with Crippen molar-refractivity contribution in [2.24, 2.45) is 0 Å². The molecule has 1 amide bonds. The van der Waals surface area contributed by atoms with Gasteiger partial charge in [-0.1, -0.05) is 39.0 Å². The van der Waals surface area contributed by atoms with E-state index in [1.54, 1.807) is 11.3 Å². The van der Waals surface area contributed by atoms with Crippen LogP contribution in [0.15, 0.2) is 16.6 Å². The number of carbonyl (C=O) groups excluding carboxylic acids is 2. The summed E-state index contributed by atoms with van der Waals surface area (Å²) in [5, 5.41) is 15.1. The number of rotatable bonds is 11. The molecule has 3 rings (SSSR count). The molecule has 0 atom stereocenters. The number of hydrogen-bond acceptors (Lipinski definition) is 8. The first-order valence-corrected chi connectivity index (χ1v) is 13.8. The number of carbonyl (C=O) groups is 2. The SMILES string of the molecule is CCCc1cc(-c2nnc(SCC(=O)Nc3sc(C)c(CC)c3C(=O)OC)n2CCC)cs1. The highest BCUT2D eigenvalue weighted by Gasteiger charge is 2.23. The maximum absolute atomic E-state index is 12.7. The van der Waals surface area contributed by atoms with Crippen molar-refractivity contribution in [2.45, 2.75) is 65.1 Å². The standard InChI is InChI=1S/C23H30N4O3S3/c1-6-9-16-11-15(12-31-16)20-25-26-23(27(20)10-7-2)32-13-18(28)24-21-19(22(29)30-5)17(8-3)14(4)33-21/h11-12H,6-10,13H2,1-5H3,(H,24,28).